The van der Waals surface area contributed by atoms with E-state index in [-0.39, 0.29) is 18.6 Å². The number of carbonyl (C=O) groups is 1. The van der Waals surface area contributed by atoms with Crippen LogP contribution in [-0.4, -0.2) is 35.1 Å². The molecule has 0 heterocycles. The number of carbonyl (C=O) groups excluding carboxylic acids is 1. The van der Waals surface area contributed by atoms with Gasteiger partial charge in [-0.1, -0.05) is 24.8 Å². The van der Waals surface area contributed by atoms with Crippen LogP contribution in [0.25, 0.3) is 0 Å². The first-order valence-corrected chi connectivity index (χ1v) is 7.06. The van der Waals surface area contributed by atoms with Gasteiger partial charge in [-0.3, -0.25) is 4.79 Å². The Hall–Kier alpha value is -1.79. The maximum Gasteiger partial charge on any atom is 0.255 e. The molecule has 0 fully saturated rings. The Balaban J connectivity index is 3.20. The predicted octanol–water partition coefficient (Wildman–Crippen LogP) is 2.60. The van der Waals surface area contributed by atoms with E-state index < -0.39 is 0 Å². The summed E-state index contributed by atoms with van der Waals surface area (Å²) in [6.07, 6.45) is 0.920. The first kappa shape index (κ1) is 16.3. The lowest BCUT2D eigenvalue weighted by molar-refractivity contribution is 0.0699. The fourth-order valence-electron chi connectivity index (χ4n) is 2.11. The molecule has 0 saturated carbocycles. The normalized spacial score (nSPS) is 11.4. The minimum Gasteiger partial charge on any atom is -0.384 e. The Bertz CT molecular complexity index is 526. The average Bonchev–Trinajstić information content (AvgIpc) is 2.45. The van der Waals surface area contributed by atoms with E-state index in [1.165, 1.54) is 0 Å². The van der Waals surface area contributed by atoms with Crippen molar-refractivity contribution < 1.29 is 9.90 Å². The minimum absolute atomic E-state index is 0.00379. The van der Waals surface area contributed by atoms with Gasteiger partial charge in [-0.15, -0.1) is 0 Å². The summed E-state index contributed by atoms with van der Waals surface area (Å²) in [6.45, 7) is 8.54. The highest BCUT2D eigenvalue weighted by Crippen LogP contribution is 2.16. The lowest BCUT2D eigenvalue weighted by atomic mass is 10.0. The van der Waals surface area contributed by atoms with E-state index >= 15 is 0 Å². The van der Waals surface area contributed by atoms with Gasteiger partial charge in [0.05, 0.1) is 5.56 Å². The van der Waals surface area contributed by atoms with E-state index in [0.29, 0.717) is 17.7 Å². The number of aliphatic hydroxyl groups is 1. The van der Waals surface area contributed by atoms with Crippen LogP contribution in [0.3, 0.4) is 0 Å². The number of aliphatic hydroxyl groups excluding tert-OH is 1. The monoisotopic (exact) mass is 273 g/mol. The predicted molar refractivity (Wildman–Crippen MR) is 81.6 cm³/mol. The molecular formula is C17H23NO2. The molecule has 1 amide bonds. The molecule has 0 aliphatic carbocycles. The van der Waals surface area contributed by atoms with E-state index in [1.807, 2.05) is 36.9 Å². The molecule has 1 unspecified atom stereocenters. The maximum absolute atomic E-state index is 12.7. The molecule has 108 valence electrons. The van der Waals surface area contributed by atoms with Crippen molar-refractivity contribution in [3.05, 3.63) is 34.9 Å². The number of benzene rings is 1. The quantitative estimate of drug-likeness (QED) is 0.857. The van der Waals surface area contributed by atoms with Crippen molar-refractivity contribution in [2.45, 2.75) is 40.2 Å². The van der Waals surface area contributed by atoms with Crippen LogP contribution in [0.5, 0.6) is 0 Å². The second kappa shape index (κ2) is 7.72. The lowest BCUT2D eigenvalue weighted by Crippen LogP contribution is -2.38. The van der Waals surface area contributed by atoms with Crippen LogP contribution in [0, 0.1) is 18.8 Å². The van der Waals surface area contributed by atoms with Gasteiger partial charge in [-0.2, -0.15) is 0 Å². The summed E-state index contributed by atoms with van der Waals surface area (Å²) in [6, 6.07) is 5.83. The summed E-state index contributed by atoms with van der Waals surface area (Å²) in [5.74, 6) is 5.50. The maximum atomic E-state index is 12.7. The van der Waals surface area contributed by atoms with E-state index in [1.54, 1.807) is 0 Å². The molecule has 3 nitrogen and oxygen atoms in total. The van der Waals surface area contributed by atoms with Crippen molar-refractivity contribution in [3.8, 4) is 11.8 Å². The van der Waals surface area contributed by atoms with Crippen molar-refractivity contribution in [3.63, 3.8) is 0 Å². The van der Waals surface area contributed by atoms with Gasteiger partial charge in [0.15, 0.2) is 0 Å². The second-order valence-corrected chi connectivity index (χ2v) is 4.86. The number of aryl methyl sites for hydroxylation is 1. The molecule has 0 aromatic heterocycles. The third-order valence-electron chi connectivity index (χ3n) is 3.43. The zero-order valence-corrected chi connectivity index (χ0v) is 12.7. The lowest BCUT2D eigenvalue weighted by Gasteiger charge is -2.27. The molecule has 0 spiro atoms. The summed E-state index contributed by atoms with van der Waals surface area (Å²) in [4.78, 5) is 14.5. The van der Waals surface area contributed by atoms with Gasteiger partial charge in [-0.05, 0) is 44.9 Å². The van der Waals surface area contributed by atoms with E-state index in [0.717, 1.165) is 12.0 Å². The largest absolute Gasteiger partial charge is 0.384 e. The fourth-order valence-corrected chi connectivity index (χ4v) is 2.11. The summed E-state index contributed by atoms with van der Waals surface area (Å²) >= 11 is 0. The molecular weight excluding hydrogens is 250 g/mol. The van der Waals surface area contributed by atoms with Gasteiger partial charge in [-0.25, -0.2) is 0 Å². The minimum atomic E-state index is -0.204. The number of hydrogen-bond donors (Lipinski definition) is 1. The third-order valence-corrected chi connectivity index (χ3v) is 3.43. The molecule has 20 heavy (non-hydrogen) atoms. The van der Waals surface area contributed by atoms with Gasteiger partial charge >= 0.3 is 0 Å². The van der Waals surface area contributed by atoms with Gasteiger partial charge in [0.1, 0.15) is 6.61 Å². The van der Waals surface area contributed by atoms with Gasteiger partial charge in [0.25, 0.3) is 5.91 Å². The first-order chi connectivity index (χ1) is 9.54. The van der Waals surface area contributed by atoms with Crippen molar-refractivity contribution in [2.75, 3.05) is 13.2 Å². The van der Waals surface area contributed by atoms with Gasteiger partial charge < -0.3 is 10.0 Å². The van der Waals surface area contributed by atoms with Crippen LogP contribution in [0.4, 0.5) is 0 Å². The molecule has 1 N–H and O–H groups in total. The molecule has 0 aliphatic heterocycles. The Morgan fingerprint density at radius 3 is 2.65 bits per heavy atom. The van der Waals surface area contributed by atoms with Crippen LogP contribution in [0.2, 0.25) is 0 Å². The molecule has 1 rings (SSSR count). The molecule has 1 aromatic rings. The zero-order chi connectivity index (χ0) is 15.1. The smallest absolute Gasteiger partial charge is 0.255 e. The average molecular weight is 273 g/mol. The van der Waals surface area contributed by atoms with Crippen LogP contribution >= 0.6 is 0 Å². The standard InChI is InChI=1S/C17H23NO2/c1-5-14(4)18(6-2)17(20)16-10-9-13(3)12-15(16)8-7-11-19/h9-10,12,14,19H,5-6,11H2,1-4H3. The SMILES string of the molecule is CCC(C)N(CC)C(=O)c1ccc(C)cc1C#CCO. The summed E-state index contributed by atoms with van der Waals surface area (Å²) in [7, 11) is 0. The van der Waals surface area contributed by atoms with Crippen molar-refractivity contribution in [2.24, 2.45) is 0 Å². The topological polar surface area (TPSA) is 40.5 Å². The van der Waals surface area contributed by atoms with E-state index in [9.17, 15) is 4.79 Å². The first-order valence-electron chi connectivity index (χ1n) is 7.06. The molecule has 0 aliphatic rings. The second-order valence-electron chi connectivity index (χ2n) is 4.86. The van der Waals surface area contributed by atoms with E-state index in [2.05, 4.69) is 25.7 Å². The van der Waals surface area contributed by atoms with Crippen molar-refractivity contribution >= 4 is 5.91 Å². The number of rotatable bonds is 4. The Labute approximate surface area is 121 Å². The Morgan fingerprint density at radius 1 is 1.40 bits per heavy atom. The number of nitrogens with zero attached hydrogens (tertiary/aromatic N) is 1. The van der Waals surface area contributed by atoms with Crippen molar-refractivity contribution in [1.82, 2.24) is 4.90 Å². The van der Waals surface area contributed by atoms with Crippen molar-refractivity contribution in [1.29, 1.82) is 0 Å². The highest BCUT2D eigenvalue weighted by Gasteiger charge is 2.20. The molecule has 3 heteroatoms. The van der Waals surface area contributed by atoms with Crippen LogP contribution in [0.15, 0.2) is 18.2 Å². The Morgan fingerprint density at radius 2 is 2.10 bits per heavy atom. The number of hydrogen-bond acceptors (Lipinski definition) is 2. The van der Waals surface area contributed by atoms with E-state index in [4.69, 9.17) is 5.11 Å². The summed E-state index contributed by atoms with van der Waals surface area (Å²) in [5.41, 5.74) is 2.35. The Kier molecular flexibility index (Phi) is 6.27. The highest BCUT2D eigenvalue weighted by molar-refractivity contribution is 5.97. The van der Waals surface area contributed by atoms with Gasteiger partial charge in [0.2, 0.25) is 0 Å². The third kappa shape index (κ3) is 3.85. The molecule has 1 atom stereocenters. The van der Waals surface area contributed by atoms with Crippen LogP contribution in [0.1, 0.15) is 48.7 Å². The van der Waals surface area contributed by atoms with Crippen LogP contribution < -0.4 is 0 Å². The molecule has 0 saturated heterocycles. The highest BCUT2D eigenvalue weighted by atomic mass is 16.2. The van der Waals surface area contributed by atoms with Gasteiger partial charge in [0, 0.05) is 18.2 Å². The van der Waals surface area contributed by atoms with Crippen LogP contribution in [-0.2, 0) is 0 Å². The summed E-state index contributed by atoms with van der Waals surface area (Å²) in [5, 5.41) is 8.84. The fraction of sp³-hybridized carbons (Fsp3) is 0.471. The molecule has 1 aromatic carbocycles. The zero-order valence-electron chi connectivity index (χ0n) is 12.7. The molecule has 0 bridgehead atoms. The number of amides is 1. The summed E-state index contributed by atoms with van der Waals surface area (Å²) < 4.78 is 0. The molecule has 0 radical (unpaired) electrons.